The summed E-state index contributed by atoms with van der Waals surface area (Å²) in [7, 11) is 0. The van der Waals surface area contributed by atoms with Gasteiger partial charge in [0.05, 0.1) is 5.92 Å². The van der Waals surface area contributed by atoms with E-state index in [1.807, 2.05) is 0 Å². The number of rotatable bonds is 0. The normalized spacial score (nSPS) is 31.2. The van der Waals surface area contributed by atoms with Gasteiger partial charge in [0.1, 0.15) is 0 Å². The van der Waals surface area contributed by atoms with Crippen molar-refractivity contribution in [3.63, 3.8) is 0 Å². The van der Waals surface area contributed by atoms with Crippen LogP contribution >= 0.6 is 0 Å². The van der Waals surface area contributed by atoms with E-state index in [4.69, 9.17) is 6.42 Å². The summed E-state index contributed by atoms with van der Waals surface area (Å²) in [5, 5.41) is 0. The van der Waals surface area contributed by atoms with E-state index in [1.54, 1.807) is 0 Å². The lowest BCUT2D eigenvalue weighted by Gasteiger charge is -2.27. The van der Waals surface area contributed by atoms with Crippen LogP contribution in [0.5, 0.6) is 0 Å². The van der Waals surface area contributed by atoms with Gasteiger partial charge in [0, 0.05) is 5.92 Å². The van der Waals surface area contributed by atoms with E-state index in [-0.39, 0.29) is 18.8 Å². The summed E-state index contributed by atoms with van der Waals surface area (Å²) >= 11 is 0. The number of halogens is 3. The molecular weight excluding hydrogens is 165 g/mol. The summed E-state index contributed by atoms with van der Waals surface area (Å²) in [6.07, 6.45) is 2.79. The van der Waals surface area contributed by atoms with Crippen molar-refractivity contribution in [2.45, 2.75) is 31.9 Å². The second kappa shape index (κ2) is 3.38. The predicted molar refractivity (Wildman–Crippen MR) is 40.3 cm³/mol. The Morgan fingerprint density at radius 1 is 1.25 bits per heavy atom. The Morgan fingerprint density at radius 3 is 2.42 bits per heavy atom. The van der Waals surface area contributed by atoms with Gasteiger partial charge in [-0.1, -0.05) is 6.42 Å². The van der Waals surface area contributed by atoms with E-state index in [2.05, 4.69) is 5.92 Å². The highest BCUT2D eigenvalue weighted by Crippen LogP contribution is 2.39. The molecule has 0 heterocycles. The molecule has 0 saturated heterocycles. The SMILES string of the molecule is C#C[C@H]1CCC[C@@H](C(F)(F)F)C1. The highest BCUT2D eigenvalue weighted by molar-refractivity contribution is 4.96. The number of terminal acetylenes is 1. The number of hydrogen-bond donors (Lipinski definition) is 0. The molecule has 0 spiro atoms. The molecule has 0 unspecified atom stereocenters. The smallest absolute Gasteiger partial charge is 0.171 e. The van der Waals surface area contributed by atoms with E-state index in [9.17, 15) is 13.2 Å². The second-order valence-electron chi connectivity index (χ2n) is 3.27. The minimum atomic E-state index is -4.05. The third-order valence-electron chi connectivity index (χ3n) is 2.37. The predicted octanol–water partition coefficient (Wildman–Crippen LogP) is 2.99. The third-order valence-corrected chi connectivity index (χ3v) is 2.37. The van der Waals surface area contributed by atoms with Crippen molar-refractivity contribution in [1.82, 2.24) is 0 Å². The van der Waals surface area contributed by atoms with Crippen LogP contribution in [0.3, 0.4) is 0 Å². The zero-order chi connectivity index (χ0) is 9.19. The van der Waals surface area contributed by atoms with Crippen molar-refractivity contribution in [3.05, 3.63) is 0 Å². The topological polar surface area (TPSA) is 0 Å². The molecule has 1 aliphatic carbocycles. The van der Waals surface area contributed by atoms with Crippen LogP contribution in [0.15, 0.2) is 0 Å². The van der Waals surface area contributed by atoms with Gasteiger partial charge in [-0.05, 0) is 19.3 Å². The third kappa shape index (κ3) is 2.17. The maximum atomic E-state index is 12.2. The lowest BCUT2D eigenvalue weighted by Crippen LogP contribution is -2.28. The molecule has 0 aromatic heterocycles. The molecule has 0 radical (unpaired) electrons. The molecule has 0 amide bonds. The van der Waals surface area contributed by atoms with E-state index in [1.165, 1.54) is 0 Å². The lowest BCUT2D eigenvalue weighted by atomic mass is 9.81. The Labute approximate surface area is 70.1 Å². The van der Waals surface area contributed by atoms with Crippen molar-refractivity contribution >= 4 is 0 Å². The summed E-state index contributed by atoms with van der Waals surface area (Å²) in [5.41, 5.74) is 0. The molecule has 1 aliphatic rings. The summed E-state index contributed by atoms with van der Waals surface area (Å²) in [5.74, 6) is 1.08. The Kier molecular flexibility index (Phi) is 2.66. The van der Waals surface area contributed by atoms with Gasteiger partial charge in [-0.25, -0.2) is 0 Å². The molecule has 0 N–H and O–H groups in total. The first-order valence-corrected chi connectivity index (χ1v) is 4.07. The molecule has 0 bridgehead atoms. The fraction of sp³-hybridized carbons (Fsp3) is 0.778. The van der Waals surface area contributed by atoms with Crippen molar-refractivity contribution in [3.8, 4) is 12.3 Å². The van der Waals surface area contributed by atoms with Gasteiger partial charge in [0.25, 0.3) is 0 Å². The quantitative estimate of drug-likeness (QED) is 0.498. The standard InChI is InChI=1S/C9H11F3/c1-2-7-4-3-5-8(6-7)9(10,11)12/h1,7-8H,3-6H2/t7-,8+/m0/s1. The largest absolute Gasteiger partial charge is 0.391 e. The van der Waals surface area contributed by atoms with Crippen molar-refractivity contribution in [2.75, 3.05) is 0 Å². The molecule has 1 saturated carbocycles. The van der Waals surface area contributed by atoms with Crippen molar-refractivity contribution in [1.29, 1.82) is 0 Å². The van der Waals surface area contributed by atoms with Crippen LogP contribution in [-0.4, -0.2) is 6.18 Å². The van der Waals surface area contributed by atoms with Gasteiger partial charge in [0.15, 0.2) is 0 Å². The number of hydrogen-bond acceptors (Lipinski definition) is 0. The molecule has 1 fully saturated rings. The van der Waals surface area contributed by atoms with E-state index in [0.29, 0.717) is 6.42 Å². The molecule has 0 aromatic rings. The van der Waals surface area contributed by atoms with Crippen LogP contribution in [-0.2, 0) is 0 Å². The van der Waals surface area contributed by atoms with Crippen LogP contribution < -0.4 is 0 Å². The molecular formula is C9H11F3. The Hall–Kier alpha value is -0.650. The summed E-state index contributed by atoms with van der Waals surface area (Å²) < 4.78 is 36.5. The second-order valence-corrected chi connectivity index (χ2v) is 3.27. The monoisotopic (exact) mass is 176 g/mol. The molecule has 1 rings (SSSR count). The summed E-state index contributed by atoms with van der Waals surface area (Å²) in [6, 6.07) is 0. The first-order valence-electron chi connectivity index (χ1n) is 4.07. The highest BCUT2D eigenvalue weighted by Gasteiger charge is 2.41. The Balaban J connectivity index is 2.53. The molecule has 0 nitrogen and oxygen atoms in total. The minimum Gasteiger partial charge on any atom is -0.171 e. The van der Waals surface area contributed by atoms with Gasteiger partial charge in [-0.15, -0.1) is 12.3 Å². The van der Waals surface area contributed by atoms with E-state index >= 15 is 0 Å². The van der Waals surface area contributed by atoms with E-state index < -0.39 is 12.1 Å². The van der Waals surface area contributed by atoms with Crippen molar-refractivity contribution in [2.24, 2.45) is 11.8 Å². The van der Waals surface area contributed by atoms with Crippen LogP contribution in [0.4, 0.5) is 13.2 Å². The molecule has 3 heteroatoms. The fourth-order valence-electron chi connectivity index (χ4n) is 1.64. The Morgan fingerprint density at radius 2 is 1.92 bits per heavy atom. The highest BCUT2D eigenvalue weighted by atomic mass is 19.4. The van der Waals surface area contributed by atoms with Crippen LogP contribution in [0.1, 0.15) is 25.7 Å². The van der Waals surface area contributed by atoms with Gasteiger partial charge in [0.2, 0.25) is 0 Å². The molecule has 2 atom stereocenters. The average Bonchev–Trinajstić information content (AvgIpc) is 2.03. The van der Waals surface area contributed by atoms with E-state index in [0.717, 1.165) is 6.42 Å². The molecule has 0 aliphatic heterocycles. The minimum absolute atomic E-state index is 0.125. The summed E-state index contributed by atoms with van der Waals surface area (Å²) in [6.45, 7) is 0. The zero-order valence-electron chi connectivity index (χ0n) is 6.69. The molecule has 0 aromatic carbocycles. The van der Waals surface area contributed by atoms with Gasteiger partial charge < -0.3 is 0 Å². The zero-order valence-corrected chi connectivity index (χ0v) is 6.69. The lowest BCUT2D eigenvalue weighted by molar-refractivity contribution is -0.184. The fourth-order valence-corrected chi connectivity index (χ4v) is 1.64. The van der Waals surface area contributed by atoms with Gasteiger partial charge >= 0.3 is 6.18 Å². The molecule has 68 valence electrons. The first-order chi connectivity index (χ1) is 5.54. The van der Waals surface area contributed by atoms with Crippen LogP contribution in [0.2, 0.25) is 0 Å². The first kappa shape index (κ1) is 9.44. The average molecular weight is 176 g/mol. The van der Waals surface area contributed by atoms with Crippen molar-refractivity contribution < 1.29 is 13.2 Å². The Bertz CT molecular complexity index is 187. The van der Waals surface area contributed by atoms with Crippen LogP contribution in [0.25, 0.3) is 0 Å². The number of alkyl halides is 3. The maximum Gasteiger partial charge on any atom is 0.391 e. The molecule has 12 heavy (non-hydrogen) atoms. The maximum absolute atomic E-state index is 12.2. The van der Waals surface area contributed by atoms with Gasteiger partial charge in [-0.3, -0.25) is 0 Å². The summed E-state index contributed by atoms with van der Waals surface area (Å²) in [4.78, 5) is 0. The van der Waals surface area contributed by atoms with Gasteiger partial charge in [-0.2, -0.15) is 13.2 Å². The van der Waals surface area contributed by atoms with Crippen LogP contribution in [0, 0.1) is 24.2 Å².